The van der Waals surface area contributed by atoms with Crippen LogP contribution in [-0.2, 0) is 9.53 Å². The van der Waals surface area contributed by atoms with Crippen LogP contribution in [0.5, 0.6) is 0 Å². The smallest absolute Gasteiger partial charge is 0.224 e. The van der Waals surface area contributed by atoms with Crippen molar-refractivity contribution in [1.29, 1.82) is 0 Å². The normalized spacial score (nSPS) is 40.8. The van der Waals surface area contributed by atoms with E-state index < -0.39 is 0 Å². The van der Waals surface area contributed by atoms with Crippen LogP contribution >= 0.6 is 12.4 Å². The average molecular weight is 247 g/mol. The van der Waals surface area contributed by atoms with Crippen LogP contribution in [0, 0.1) is 5.92 Å². The van der Waals surface area contributed by atoms with Crippen LogP contribution in [0.25, 0.3) is 0 Å². The molecule has 0 aromatic heterocycles. The molecule has 3 aliphatic rings. The summed E-state index contributed by atoms with van der Waals surface area (Å²) in [7, 11) is 0. The van der Waals surface area contributed by atoms with Gasteiger partial charge in [0.2, 0.25) is 5.91 Å². The maximum Gasteiger partial charge on any atom is 0.224 e. The number of hydrogen-bond acceptors (Lipinski definition) is 3. The lowest BCUT2D eigenvalue weighted by Crippen LogP contribution is -2.44. The van der Waals surface area contributed by atoms with E-state index >= 15 is 0 Å². The van der Waals surface area contributed by atoms with Gasteiger partial charge in [0.05, 0.1) is 24.2 Å². The Kier molecular flexibility index (Phi) is 3.72. The van der Waals surface area contributed by atoms with Gasteiger partial charge in [-0.05, 0) is 32.2 Å². The number of nitrogens with one attached hydrogen (secondary N) is 2. The number of rotatable bonds is 2. The van der Waals surface area contributed by atoms with Gasteiger partial charge in [-0.2, -0.15) is 0 Å². The number of amides is 1. The maximum atomic E-state index is 11.9. The average Bonchev–Trinajstić information content (AvgIpc) is 2.95. The number of fused-ring (bicyclic) bond motifs is 2. The van der Waals surface area contributed by atoms with Gasteiger partial charge in [0, 0.05) is 6.54 Å². The Bertz CT molecular complexity index is 269. The summed E-state index contributed by atoms with van der Waals surface area (Å²) in [6, 6.07) is 0.289. The van der Waals surface area contributed by atoms with E-state index in [0.717, 1.165) is 32.4 Å². The van der Waals surface area contributed by atoms with Crippen molar-refractivity contribution in [3.05, 3.63) is 0 Å². The van der Waals surface area contributed by atoms with E-state index in [-0.39, 0.29) is 30.3 Å². The fourth-order valence-electron chi connectivity index (χ4n) is 2.97. The third-order valence-electron chi connectivity index (χ3n) is 3.86. The minimum absolute atomic E-state index is 0. The maximum absolute atomic E-state index is 11.9. The minimum atomic E-state index is 0. The molecule has 3 aliphatic heterocycles. The highest BCUT2D eigenvalue weighted by Gasteiger charge is 2.42. The molecule has 1 amide bonds. The molecule has 2 N–H and O–H groups in total. The molecule has 2 bridgehead atoms. The number of halogens is 1. The minimum Gasteiger partial charge on any atom is -0.373 e. The zero-order valence-corrected chi connectivity index (χ0v) is 10.1. The molecule has 4 nitrogen and oxygen atoms in total. The molecule has 16 heavy (non-hydrogen) atoms. The van der Waals surface area contributed by atoms with Gasteiger partial charge in [-0.15, -0.1) is 12.4 Å². The van der Waals surface area contributed by atoms with Crippen molar-refractivity contribution in [1.82, 2.24) is 10.6 Å². The van der Waals surface area contributed by atoms with Crippen LogP contribution < -0.4 is 10.6 Å². The van der Waals surface area contributed by atoms with Crippen LogP contribution in [0.1, 0.15) is 25.7 Å². The zero-order valence-electron chi connectivity index (χ0n) is 9.28. The topological polar surface area (TPSA) is 50.4 Å². The van der Waals surface area contributed by atoms with Gasteiger partial charge in [-0.1, -0.05) is 0 Å². The van der Waals surface area contributed by atoms with Crippen LogP contribution in [0.3, 0.4) is 0 Å². The van der Waals surface area contributed by atoms with E-state index in [4.69, 9.17) is 4.74 Å². The Hall–Kier alpha value is -0.320. The highest BCUT2D eigenvalue weighted by molar-refractivity contribution is 5.85. The Morgan fingerprint density at radius 1 is 1.31 bits per heavy atom. The van der Waals surface area contributed by atoms with Crippen LogP contribution in [0.15, 0.2) is 0 Å². The second-order valence-corrected chi connectivity index (χ2v) is 4.91. The lowest BCUT2D eigenvalue weighted by molar-refractivity contribution is -0.125. The van der Waals surface area contributed by atoms with Crippen LogP contribution in [0.4, 0.5) is 0 Å². The third-order valence-corrected chi connectivity index (χ3v) is 3.86. The molecule has 4 atom stereocenters. The Morgan fingerprint density at radius 2 is 2.19 bits per heavy atom. The molecule has 0 unspecified atom stereocenters. The van der Waals surface area contributed by atoms with Gasteiger partial charge in [0.15, 0.2) is 0 Å². The van der Waals surface area contributed by atoms with E-state index in [1.807, 2.05) is 0 Å². The molecule has 3 saturated heterocycles. The largest absolute Gasteiger partial charge is 0.373 e. The summed E-state index contributed by atoms with van der Waals surface area (Å²) >= 11 is 0. The van der Waals surface area contributed by atoms with Crippen molar-refractivity contribution in [3.63, 3.8) is 0 Å². The van der Waals surface area contributed by atoms with Crippen molar-refractivity contribution in [3.8, 4) is 0 Å². The first-order valence-electron chi connectivity index (χ1n) is 5.99. The monoisotopic (exact) mass is 246 g/mol. The molecule has 0 aromatic carbocycles. The zero-order chi connectivity index (χ0) is 10.3. The van der Waals surface area contributed by atoms with Crippen molar-refractivity contribution in [2.24, 2.45) is 5.92 Å². The molecule has 0 spiro atoms. The highest BCUT2D eigenvalue weighted by atomic mass is 35.5. The molecule has 0 radical (unpaired) electrons. The van der Waals surface area contributed by atoms with Gasteiger partial charge in [0.25, 0.3) is 0 Å². The van der Waals surface area contributed by atoms with E-state index in [9.17, 15) is 4.79 Å². The SMILES string of the molecule is Cl.O=C(N[C@@H]1C[C@H]2CC[C@@H]1O2)[C@H]1CCNC1. The first-order valence-corrected chi connectivity index (χ1v) is 5.99. The molecule has 0 saturated carbocycles. The summed E-state index contributed by atoms with van der Waals surface area (Å²) < 4.78 is 5.72. The van der Waals surface area contributed by atoms with Crippen molar-refractivity contribution in [2.45, 2.75) is 43.9 Å². The number of hydrogen-bond donors (Lipinski definition) is 2. The van der Waals surface area contributed by atoms with Gasteiger partial charge < -0.3 is 15.4 Å². The summed E-state index contributed by atoms with van der Waals surface area (Å²) in [6.45, 7) is 1.82. The third kappa shape index (κ3) is 2.19. The van der Waals surface area contributed by atoms with E-state index in [0.29, 0.717) is 12.2 Å². The number of ether oxygens (including phenoxy) is 1. The van der Waals surface area contributed by atoms with Crippen molar-refractivity contribution >= 4 is 18.3 Å². The van der Waals surface area contributed by atoms with Crippen LogP contribution in [-0.4, -0.2) is 37.2 Å². The lowest BCUT2D eigenvalue weighted by Gasteiger charge is -2.21. The van der Waals surface area contributed by atoms with Crippen molar-refractivity contribution in [2.75, 3.05) is 13.1 Å². The predicted octanol–water partition coefficient (Wildman–Crippen LogP) is 0.454. The van der Waals surface area contributed by atoms with Gasteiger partial charge in [0.1, 0.15) is 0 Å². The molecule has 3 fully saturated rings. The van der Waals surface area contributed by atoms with E-state index in [1.54, 1.807) is 0 Å². The fraction of sp³-hybridized carbons (Fsp3) is 0.909. The molecule has 5 heteroatoms. The fourth-order valence-corrected chi connectivity index (χ4v) is 2.97. The number of carbonyl (C=O) groups is 1. The van der Waals surface area contributed by atoms with Gasteiger partial charge in [-0.25, -0.2) is 0 Å². The highest BCUT2D eigenvalue weighted by Crippen LogP contribution is 2.34. The summed E-state index contributed by atoms with van der Waals surface area (Å²) in [5, 5.41) is 6.37. The predicted molar refractivity (Wildman–Crippen MR) is 62.7 cm³/mol. The first kappa shape index (κ1) is 12.1. The van der Waals surface area contributed by atoms with Gasteiger partial charge in [-0.3, -0.25) is 4.79 Å². The standard InChI is InChI=1S/C11H18N2O2.ClH/c14-11(7-3-4-12-6-7)13-9-5-8-1-2-10(9)15-8;/h7-10,12H,1-6H2,(H,13,14);1H/t7-,8+,9+,10-;/m0./s1. The van der Waals surface area contributed by atoms with Gasteiger partial charge >= 0.3 is 0 Å². The molecule has 92 valence electrons. The molecule has 3 rings (SSSR count). The molecule has 3 heterocycles. The second-order valence-electron chi connectivity index (χ2n) is 4.91. The van der Waals surface area contributed by atoms with Crippen LogP contribution in [0.2, 0.25) is 0 Å². The summed E-state index contributed by atoms with van der Waals surface area (Å²) in [5.41, 5.74) is 0. The second kappa shape index (κ2) is 4.90. The molecular weight excluding hydrogens is 228 g/mol. The molecule has 0 aliphatic carbocycles. The molecular formula is C11H19ClN2O2. The Balaban J connectivity index is 0.000000963. The van der Waals surface area contributed by atoms with Crippen molar-refractivity contribution < 1.29 is 9.53 Å². The summed E-state index contributed by atoms with van der Waals surface area (Å²) in [4.78, 5) is 11.9. The van der Waals surface area contributed by atoms with E-state index in [2.05, 4.69) is 10.6 Å². The first-order chi connectivity index (χ1) is 7.33. The Morgan fingerprint density at radius 3 is 2.75 bits per heavy atom. The van der Waals surface area contributed by atoms with E-state index in [1.165, 1.54) is 6.42 Å². The molecule has 0 aromatic rings. The number of carbonyl (C=O) groups excluding carboxylic acids is 1. The summed E-state index contributed by atoms with van der Waals surface area (Å²) in [5.74, 6) is 0.408. The summed E-state index contributed by atoms with van der Waals surface area (Å²) in [6.07, 6.45) is 5.03. The Labute approximate surface area is 102 Å². The lowest BCUT2D eigenvalue weighted by atomic mass is 9.95. The quantitative estimate of drug-likeness (QED) is 0.744.